The SMILES string of the molecule is CN(Cc1cccc(F)c1)C(=O)CSc1nnc(-c2ccccc2F)o1. The van der Waals surface area contributed by atoms with Crippen LogP contribution in [0.15, 0.2) is 58.2 Å². The Morgan fingerprint density at radius 2 is 1.96 bits per heavy atom. The molecule has 0 saturated heterocycles. The monoisotopic (exact) mass is 375 g/mol. The van der Waals surface area contributed by atoms with Crippen LogP contribution in [0.1, 0.15) is 5.56 Å². The van der Waals surface area contributed by atoms with E-state index < -0.39 is 5.82 Å². The minimum absolute atomic E-state index is 0.0613. The molecule has 2 aromatic carbocycles. The van der Waals surface area contributed by atoms with E-state index >= 15 is 0 Å². The third kappa shape index (κ3) is 4.45. The first-order valence-electron chi connectivity index (χ1n) is 7.72. The standard InChI is InChI=1S/C18H15F2N3O2S/c1-23(10-12-5-4-6-13(19)9-12)16(24)11-26-18-22-21-17(25-18)14-7-2-3-8-15(14)20/h2-9H,10-11H2,1H3. The number of amides is 1. The number of carbonyl (C=O) groups is 1. The molecular formula is C18H15F2N3O2S. The van der Waals surface area contributed by atoms with E-state index in [-0.39, 0.29) is 34.2 Å². The van der Waals surface area contributed by atoms with Gasteiger partial charge in [0.1, 0.15) is 11.6 Å². The fourth-order valence-electron chi connectivity index (χ4n) is 2.24. The van der Waals surface area contributed by atoms with Crippen LogP contribution in [-0.2, 0) is 11.3 Å². The first-order valence-corrected chi connectivity index (χ1v) is 8.71. The number of hydrogen-bond acceptors (Lipinski definition) is 5. The van der Waals surface area contributed by atoms with Crippen LogP contribution in [0.25, 0.3) is 11.5 Å². The Kier molecular flexibility index (Phi) is 5.62. The van der Waals surface area contributed by atoms with Gasteiger partial charge in [-0.05, 0) is 29.8 Å². The maximum Gasteiger partial charge on any atom is 0.277 e. The van der Waals surface area contributed by atoms with Gasteiger partial charge >= 0.3 is 0 Å². The molecule has 3 aromatic rings. The summed E-state index contributed by atoms with van der Waals surface area (Å²) >= 11 is 1.06. The summed E-state index contributed by atoms with van der Waals surface area (Å²) in [5, 5.41) is 7.80. The number of rotatable bonds is 6. The lowest BCUT2D eigenvalue weighted by Crippen LogP contribution is -2.27. The number of halogens is 2. The van der Waals surface area contributed by atoms with E-state index in [4.69, 9.17) is 4.42 Å². The fourth-order valence-corrected chi connectivity index (χ4v) is 2.95. The smallest absolute Gasteiger partial charge is 0.277 e. The van der Waals surface area contributed by atoms with Gasteiger partial charge in [-0.3, -0.25) is 4.79 Å². The Labute approximate surface area is 153 Å². The summed E-state index contributed by atoms with van der Waals surface area (Å²) in [4.78, 5) is 13.7. The van der Waals surface area contributed by atoms with Crippen LogP contribution in [-0.4, -0.2) is 33.8 Å². The molecule has 1 heterocycles. The summed E-state index contributed by atoms with van der Waals surface area (Å²) in [6.07, 6.45) is 0. The maximum absolute atomic E-state index is 13.7. The highest BCUT2D eigenvalue weighted by Gasteiger charge is 2.15. The average molecular weight is 375 g/mol. The van der Waals surface area contributed by atoms with Crippen LogP contribution in [0.3, 0.4) is 0 Å². The molecule has 0 unspecified atom stereocenters. The first-order chi connectivity index (χ1) is 12.5. The van der Waals surface area contributed by atoms with Gasteiger partial charge in [-0.2, -0.15) is 0 Å². The van der Waals surface area contributed by atoms with Crippen LogP contribution in [0.4, 0.5) is 8.78 Å². The predicted octanol–water partition coefficient (Wildman–Crippen LogP) is 3.77. The van der Waals surface area contributed by atoms with Gasteiger partial charge in [-0.1, -0.05) is 36.0 Å². The number of aromatic nitrogens is 2. The van der Waals surface area contributed by atoms with Gasteiger partial charge in [0.25, 0.3) is 11.1 Å². The van der Waals surface area contributed by atoms with Crippen molar-refractivity contribution in [2.45, 2.75) is 11.8 Å². The van der Waals surface area contributed by atoms with Crippen molar-refractivity contribution < 1.29 is 18.0 Å². The van der Waals surface area contributed by atoms with Crippen molar-refractivity contribution in [2.24, 2.45) is 0 Å². The molecule has 0 radical (unpaired) electrons. The van der Waals surface area contributed by atoms with Crippen LogP contribution < -0.4 is 0 Å². The number of carbonyl (C=O) groups excluding carboxylic acids is 1. The highest BCUT2D eigenvalue weighted by molar-refractivity contribution is 7.99. The van der Waals surface area contributed by atoms with Gasteiger partial charge in [0.05, 0.1) is 11.3 Å². The van der Waals surface area contributed by atoms with Crippen molar-refractivity contribution in [1.82, 2.24) is 15.1 Å². The van der Waals surface area contributed by atoms with Crippen LogP contribution in [0, 0.1) is 11.6 Å². The maximum atomic E-state index is 13.7. The summed E-state index contributed by atoms with van der Waals surface area (Å²) in [6.45, 7) is 0.293. The third-order valence-electron chi connectivity index (χ3n) is 3.56. The van der Waals surface area contributed by atoms with Crippen LogP contribution >= 0.6 is 11.8 Å². The lowest BCUT2D eigenvalue weighted by Gasteiger charge is -2.16. The van der Waals surface area contributed by atoms with Gasteiger partial charge in [0.2, 0.25) is 5.91 Å². The molecule has 8 heteroatoms. The quantitative estimate of drug-likeness (QED) is 0.614. The Balaban J connectivity index is 1.57. The van der Waals surface area contributed by atoms with Gasteiger partial charge in [0, 0.05) is 13.6 Å². The van der Waals surface area contributed by atoms with Crippen molar-refractivity contribution in [3.8, 4) is 11.5 Å². The van der Waals surface area contributed by atoms with E-state index in [2.05, 4.69) is 10.2 Å². The van der Waals surface area contributed by atoms with Gasteiger partial charge in [-0.15, -0.1) is 10.2 Å². The predicted molar refractivity (Wildman–Crippen MR) is 93.3 cm³/mol. The van der Waals surface area contributed by atoms with E-state index in [9.17, 15) is 13.6 Å². The van der Waals surface area contributed by atoms with E-state index in [0.29, 0.717) is 12.1 Å². The number of hydrogen-bond donors (Lipinski definition) is 0. The second-order valence-corrected chi connectivity index (χ2v) is 6.45. The Morgan fingerprint density at radius 3 is 2.73 bits per heavy atom. The second kappa shape index (κ2) is 8.09. The van der Waals surface area contributed by atoms with Gasteiger partial charge in [0.15, 0.2) is 0 Å². The highest BCUT2D eigenvalue weighted by atomic mass is 32.2. The third-order valence-corrected chi connectivity index (χ3v) is 4.37. The van der Waals surface area contributed by atoms with Gasteiger partial charge in [-0.25, -0.2) is 8.78 Å². The van der Waals surface area contributed by atoms with E-state index in [1.807, 2.05) is 0 Å². The number of nitrogens with zero attached hydrogens (tertiary/aromatic N) is 3. The van der Waals surface area contributed by atoms with Crippen LogP contribution in [0.5, 0.6) is 0 Å². The fraction of sp³-hybridized carbons (Fsp3) is 0.167. The van der Waals surface area contributed by atoms with Crippen molar-refractivity contribution in [1.29, 1.82) is 0 Å². The molecule has 0 atom stereocenters. The summed E-state index contributed by atoms with van der Waals surface area (Å²) in [5.41, 5.74) is 0.909. The molecule has 5 nitrogen and oxygen atoms in total. The van der Waals surface area contributed by atoms with Crippen molar-refractivity contribution >= 4 is 17.7 Å². The van der Waals surface area contributed by atoms with E-state index in [1.165, 1.54) is 29.2 Å². The molecule has 0 saturated carbocycles. The molecule has 1 amide bonds. The molecule has 0 N–H and O–H groups in total. The van der Waals surface area contributed by atoms with Crippen molar-refractivity contribution in [3.05, 3.63) is 65.7 Å². The molecule has 0 aliphatic carbocycles. The Hall–Kier alpha value is -2.74. The average Bonchev–Trinajstić information content (AvgIpc) is 3.09. The summed E-state index contributed by atoms with van der Waals surface area (Å²) in [5.74, 6) is -0.844. The van der Waals surface area contributed by atoms with Crippen molar-refractivity contribution in [2.75, 3.05) is 12.8 Å². The zero-order valence-electron chi connectivity index (χ0n) is 13.9. The topological polar surface area (TPSA) is 59.2 Å². The number of thioether (sulfide) groups is 1. The van der Waals surface area contributed by atoms with Crippen LogP contribution in [0.2, 0.25) is 0 Å². The minimum Gasteiger partial charge on any atom is -0.411 e. The molecule has 3 rings (SSSR count). The number of benzene rings is 2. The van der Waals surface area contributed by atoms with E-state index in [0.717, 1.165) is 11.8 Å². The zero-order valence-corrected chi connectivity index (χ0v) is 14.7. The molecule has 0 aliphatic rings. The summed E-state index contributed by atoms with van der Waals surface area (Å²) in [7, 11) is 1.63. The molecule has 0 spiro atoms. The lowest BCUT2D eigenvalue weighted by atomic mass is 10.2. The lowest BCUT2D eigenvalue weighted by molar-refractivity contribution is -0.127. The molecule has 134 valence electrons. The second-order valence-electron chi connectivity index (χ2n) is 5.52. The molecule has 0 bridgehead atoms. The molecular weight excluding hydrogens is 360 g/mol. The first kappa shape index (κ1) is 18.1. The Morgan fingerprint density at radius 1 is 1.15 bits per heavy atom. The zero-order chi connectivity index (χ0) is 18.5. The normalized spacial score (nSPS) is 10.7. The summed E-state index contributed by atoms with van der Waals surface area (Å²) in [6, 6.07) is 12.2. The van der Waals surface area contributed by atoms with Gasteiger partial charge < -0.3 is 9.32 Å². The van der Waals surface area contributed by atoms with Crippen molar-refractivity contribution in [3.63, 3.8) is 0 Å². The minimum atomic E-state index is -0.460. The molecule has 0 fully saturated rings. The van der Waals surface area contributed by atoms with E-state index in [1.54, 1.807) is 31.3 Å². The molecule has 1 aromatic heterocycles. The largest absolute Gasteiger partial charge is 0.411 e. The molecule has 0 aliphatic heterocycles. The Bertz CT molecular complexity index is 917. The summed E-state index contributed by atoms with van der Waals surface area (Å²) < 4.78 is 32.3. The highest BCUT2D eigenvalue weighted by Crippen LogP contribution is 2.25. The molecule has 26 heavy (non-hydrogen) atoms.